The molecule has 1 fully saturated rings. The molecule has 1 N–H and O–H groups in total. The summed E-state index contributed by atoms with van der Waals surface area (Å²) in [4.78, 5) is 0. The summed E-state index contributed by atoms with van der Waals surface area (Å²) in [7, 11) is 1.63. The minimum Gasteiger partial charge on any atom is -0.490 e. The van der Waals surface area contributed by atoms with Crippen molar-refractivity contribution in [3.63, 3.8) is 0 Å². The predicted molar refractivity (Wildman–Crippen MR) is 66.1 cm³/mol. The fourth-order valence-corrected chi connectivity index (χ4v) is 1.86. The first-order valence-electron chi connectivity index (χ1n) is 5.88. The number of para-hydroxylation sites is 1. The Balaban J connectivity index is 2.23. The Hall–Kier alpha value is -1.42. The van der Waals surface area contributed by atoms with Crippen molar-refractivity contribution in [3.8, 4) is 17.2 Å². The van der Waals surface area contributed by atoms with Gasteiger partial charge in [0, 0.05) is 13.1 Å². The van der Waals surface area contributed by atoms with Crippen LogP contribution in [0.3, 0.4) is 0 Å². The molecule has 94 valence electrons. The predicted octanol–water partition coefficient (Wildman–Crippen LogP) is 1.83. The summed E-state index contributed by atoms with van der Waals surface area (Å²) in [6, 6.07) is 5.71. The molecule has 0 unspecified atom stereocenters. The molecule has 4 nitrogen and oxygen atoms in total. The van der Waals surface area contributed by atoms with Crippen LogP contribution in [-0.4, -0.2) is 32.4 Å². The molecule has 2 rings (SSSR count). The van der Waals surface area contributed by atoms with Gasteiger partial charge in [-0.25, -0.2) is 0 Å². The topological polar surface area (TPSA) is 39.7 Å². The van der Waals surface area contributed by atoms with E-state index in [1.165, 1.54) is 0 Å². The lowest BCUT2D eigenvalue weighted by Crippen LogP contribution is -2.61. The second kappa shape index (κ2) is 4.84. The van der Waals surface area contributed by atoms with Crippen LogP contribution in [0.4, 0.5) is 0 Å². The molecule has 1 aliphatic heterocycles. The highest BCUT2D eigenvalue weighted by Crippen LogP contribution is 2.39. The van der Waals surface area contributed by atoms with Gasteiger partial charge in [0.2, 0.25) is 5.75 Å². The van der Waals surface area contributed by atoms with Crippen molar-refractivity contribution in [1.29, 1.82) is 0 Å². The zero-order chi connectivity index (χ0) is 12.3. The Morgan fingerprint density at radius 1 is 1.29 bits per heavy atom. The van der Waals surface area contributed by atoms with Crippen LogP contribution in [0.25, 0.3) is 0 Å². The lowest BCUT2D eigenvalue weighted by atomic mass is 10.00. The van der Waals surface area contributed by atoms with Crippen molar-refractivity contribution in [2.45, 2.75) is 19.4 Å². The van der Waals surface area contributed by atoms with E-state index in [0.717, 1.165) is 24.6 Å². The molecule has 1 aliphatic rings. The van der Waals surface area contributed by atoms with Crippen LogP contribution in [0, 0.1) is 0 Å². The molecule has 0 saturated carbocycles. The van der Waals surface area contributed by atoms with Gasteiger partial charge in [0.25, 0.3) is 0 Å². The highest BCUT2D eigenvalue weighted by Gasteiger charge is 2.34. The SMILES string of the molecule is CCOc1cccc(OC2(C)CNC2)c1OC. The molecule has 0 aromatic heterocycles. The fraction of sp³-hybridized carbons (Fsp3) is 0.538. The van der Waals surface area contributed by atoms with Crippen LogP contribution in [0.2, 0.25) is 0 Å². The van der Waals surface area contributed by atoms with E-state index < -0.39 is 0 Å². The molecule has 17 heavy (non-hydrogen) atoms. The third-order valence-electron chi connectivity index (χ3n) is 2.80. The first-order chi connectivity index (χ1) is 8.18. The zero-order valence-corrected chi connectivity index (χ0v) is 10.6. The Kier molecular flexibility index (Phi) is 3.43. The minimum absolute atomic E-state index is 0.141. The molecule has 1 aromatic rings. The Morgan fingerprint density at radius 2 is 2.00 bits per heavy atom. The molecule has 4 heteroatoms. The van der Waals surface area contributed by atoms with Crippen molar-refractivity contribution in [1.82, 2.24) is 5.32 Å². The Bertz CT molecular complexity index is 388. The van der Waals surface area contributed by atoms with Gasteiger partial charge >= 0.3 is 0 Å². The lowest BCUT2D eigenvalue weighted by molar-refractivity contribution is 0.0320. The molecule has 0 spiro atoms. The monoisotopic (exact) mass is 237 g/mol. The van der Waals surface area contributed by atoms with Crippen LogP contribution in [0.15, 0.2) is 18.2 Å². The van der Waals surface area contributed by atoms with Gasteiger partial charge in [-0.05, 0) is 26.0 Å². The Morgan fingerprint density at radius 3 is 2.53 bits per heavy atom. The van der Waals surface area contributed by atoms with E-state index in [4.69, 9.17) is 14.2 Å². The number of nitrogens with one attached hydrogen (secondary N) is 1. The van der Waals surface area contributed by atoms with E-state index in [9.17, 15) is 0 Å². The minimum atomic E-state index is -0.141. The maximum atomic E-state index is 5.98. The molecule has 0 amide bonds. The first kappa shape index (κ1) is 12.0. The van der Waals surface area contributed by atoms with Gasteiger partial charge in [-0.2, -0.15) is 0 Å². The van der Waals surface area contributed by atoms with Crippen LogP contribution < -0.4 is 19.5 Å². The van der Waals surface area contributed by atoms with Gasteiger partial charge in [-0.15, -0.1) is 0 Å². The third-order valence-corrected chi connectivity index (χ3v) is 2.80. The lowest BCUT2D eigenvalue weighted by Gasteiger charge is -2.39. The maximum Gasteiger partial charge on any atom is 0.203 e. The number of hydrogen-bond acceptors (Lipinski definition) is 4. The number of methoxy groups -OCH3 is 1. The van der Waals surface area contributed by atoms with Crippen molar-refractivity contribution < 1.29 is 14.2 Å². The average Bonchev–Trinajstić information content (AvgIpc) is 2.28. The normalized spacial score (nSPS) is 17.1. The van der Waals surface area contributed by atoms with Gasteiger partial charge < -0.3 is 19.5 Å². The summed E-state index contributed by atoms with van der Waals surface area (Å²) in [6.45, 7) is 6.35. The van der Waals surface area contributed by atoms with Crippen LogP contribution in [0.5, 0.6) is 17.2 Å². The number of benzene rings is 1. The summed E-state index contributed by atoms with van der Waals surface area (Å²) in [5.74, 6) is 2.13. The summed E-state index contributed by atoms with van der Waals surface area (Å²) < 4.78 is 16.9. The summed E-state index contributed by atoms with van der Waals surface area (Å²) in [5.41, 5.74) is -0.141. The highest BCUT2D eigenvalue weighted by molar-refractivity contribution is 5.51. The quantitative estimate of drug-likeness (QED) is 0.848. The number of rotatable bonds is 5. The average molecular weight is 237 g/mol. The summed E-state index contributed by atoms with van der Waals surface area (Å²) >= 11 is 0. The molecule has 1 saturated heterocycles. The van der Waals surface area contributed by atoms with Gasteiger partial charge in [-0.3, -0.25) is 0 Å². The van der Waals surface area contributed by atoms with E-state index in [1.807, 2.05) is 25.1 Å². The summed E-state index contributed by atoms with van der Waals surface area (Å²) in [6.07, 6.45) is 0. The molecule has 0 radical (unpaired) electrons. The molecule has 0 aliphatic carbocycles. The van der Waals surface area contributed by atoms with Crippen LogP contribution in [-0.2, 0) is 0 Å². The first-order valence-corrected chi connectivity index (χ1v) is 5.88. The fourth-order valence-electron chi connectivity index (χ4n) is 1.86. The number of ether oxygens (including phenoxy) is 3. The van der Waals surface area contributed by atoms with E-state index in [0.29, 0.717) is 12.4 Å². The van der Waals surface area contributed by atoms with E-state index in [1.54, 1.807) is 7.11 Å². The van der Waals surface area contributed by atoms with Crippen LogP contribution in [0.1, 0.15) is 13.8 Å². The van der Waals surface area contributed by atoms with Crippen molar-refractivity contribution in [2.24, 2.45) is 0 Å². The van der Waals surface area contributed by atoms with Crippen LogP contribution >= 0.6 is 0 Å². The maximum absolute atomic E-state index is 5.98. The largest absolute Gasteiger partial charge is 0.490 e. The molecule has 1 aromatic carbocycles. The van der Waals surface area contributed by atoms with Crippen molar-refractivity contribution in [2.75, 3.05) is 26.8 Å². The molecule has 1 heterocycles. The van der Waals surface area contributed by atoms with E-state index in [2.05, 4.69) is 12.2 Å². The van der Waals surface area contributed by atoms with Crippen molar-refractivity contribution in [3.05, 3.63) is 18.2 Å². The third kappa shape index (κ3) is 2.47. The smallest absolute Gasteiger partial charge is 0.203 e. The molecule has 0 atom stereocenters. The van der Waals surface area contributed by atoms with E-state index >= 15 is 0 Å². The van der Waals surface area contributed by atoms with Crippen molar-refractivity contribution >= 4 is 0 Å². The molecular weight excluding hydrogens is 218 g/mol. The Labute approximate surface area is 102 Å². The van der Waals surface area contributed by atoms with Gasteiger partial charge in [-0.1, -0.05) is 6.07 Å². The highest BCUT2D eigenvalue weighted by atomic mass is 16.5. The molecule has 0 bridgehead atoms. The zero-order valence-electron chi connectivity index (χ0n) is 10.6. The standard InChI is InChI=1S/C13H19NO3/c1-4-16-10-6-5-7-11(12(10)15-3)17-13(2)8-14-9-13/h5-7,14H,4,8-9H2,1-3H3. The second-order valence-electron chi connectivity index (χ2n) is 4.38. The van der Waals surface area contributed by atoms with Gasteiger partial charge in [0.15, 0.2) is 11.5 Å². The second-order valence-corrected chi connectivity index (χ2v) is 4.38. The van der Waals surface area contributed by atoms with Gasteiger partial charge in [0.05, 0.1) is 13.7 Å². The van der Waals surface area contributed by atoms with Gasteiger partial charge in [0.1, 0.15) is 5.60 Å². The molecular formula is C13H19NO3. The van der Waals surface area contributed by atoms with E-state index in [-0.39, 0.29) is 5.60 Å². The number of hydrogen-bond donors (Lipinski definition) is 1. The summed E-state index contributed by atoms with van der Waals surface area (Å²) in [5, 5.41) is 3.20.